The van der Waals surface area contributed by atoms with Crippen molar-refractivity contribution < 1.29 is 38.4 Å². The van der Waals surface area contributed by atoms with Crippen molar-refractivity contribution in [3.8, 4) is 5.69 Å². The van der Waals surface area contributed by atoms with E-state index in [-0.39, 0.29) is 5.69 Å². The van der Waals surface area contributed by atoms with Crippen LogP contribution in [0.3, 0.4) is 0 Å². The molecule has 3 rings (SSSR count). The molecule has 0 saturated carbocycles. The van der Waals surface area contributed by atoms with Gasteiger partial charge in [-0.3, -0.25) is 10.1 Å². The predicted octanol–water partition coefficient (Wildman–Crippen LogP) is -1.13. The number of rotatable bonds is 4. The van der Waals surface area contributed by atoms with Crippen LogP contribution in [0.4, 0.5) is 11.4 Å². The molecule has 0 fully saturated rings. The van der Waals surface area contributed by atoms with E-state index in [4.69, 9.17) is 18.6 Å². The topological polar surface area (TPSA) is 152 Å². The zero-order valence-corrected chi connectivity index (χ0v) is 15.0. The number of aromatic nitrogens is 1. The smallest absolute Gasteiger partial charge is 0.258 e. The van der Waals surface area contributed by atoms with Crippen molar-refractivity contribution in [3.63, 3.8) is 0 Å². The first-order valence-corrected chi connectivity index (χ1v) is 8.93. The number of non-ortho nitro benzene ring substituents is 1. The molecular formula is C18H14ClN3O6. The van der Waals surface area contributed by atoms with E-state index < -0.39 is 15.2 Å². The lowest BCUT2D eigenvalue weighted by Crippen LogP contribution is -2.68. The zero-order chi connectivity index (χ0) is 20.6. The van der Waals surface area contributed by atoms with Crippen LogP contribution in [-0.4, -0.2) is 11.1 Å². The van der Waals surface area contributed by atoms with Crippen molar-refractivity contribution in [2.24, 2.45) is 4.99 Å². The molecule has 0 aliphatic rings. The number of halogens is 1. The van der Waals surface area contributed by atoms with Crippen LogP contribution in [0.25, 0.3) is 5.69 Å². The summed E-state index contributed by atoms with van der Waals surface area (Å²) in [6.07, 6.45) is 5.46. The summed E-state index contributed by atoms with van der Waals surface area (Å²) in [7, 11) is -4.94. The van der Waals surface area contributed by atoms with Gasteiger partial charge >= 0.3 is 0 Å². The monoisotopic (exact) mass is 403 g/mol. The highest BCUT2D eigenvalue weighted by Gasteiger charge is 2.16. The second-order valence-electron chi connectivity index (χ2n) is 5.26. The molecule has 0 atom stereocenters. The first-order chi connectivity index (χ1) is 13.2. The van der Waals surface area contributed by atoms with Gasteiger partial charge in [0.15, 0.2) is 12.4 Å². The van der Waals surface area contributed by atoms with E-state index in [2.05, 4.69) is 4.99 Å². The van der Waals surface area contributed by atoms with E-state index in [1.807, 2.05) is 65.5 Å². The minimum atomic E-state index is -4.94. The molecule has 0 aliphatic heterocycles. The Kier molecular flexibility index (Phi) is 7.27. The average Bonchev–Trinajstić information content (AvgIpc) is 2.66. The molecule has 28 heavy (non-hydrogen) atoms. The normalized spacial score (nSPS) is 11.0. The van der Waals surface area contributed by atoms with Crippen molar-refractivity contribution >= 4 is 17.6 Å². The van der Waals surface area contributed by atoms with Crippen LogP contribution >= 0.6 is 0 Å². The fourth-order valence-corrected chi connectivity index (χ4v) is 2.19. The standard InChI is InChI=1S/C18H14N3O2.ClHO4/c22-21(23)16-9-10-18(20-11-5-2-6-12-20)17(13-16)19-14-15-7-3-1-4-8-15;2-1(3,4)5/h1-14H;(H,2,3,4,5)/q+1;/p-1. The maximum absolute atomic E-state index is 11.0. The van der Waals surface area contributed by atoms with Crippen LogP contribution in [0.5, 0.6) is 0 Å². The number of hydrogen-bond acceptors (Lipinski definition) is 7. The Hall–Kier alpha value is -3.21. The number of aliphatic imine (C=N–C) groups is 1. The van der Waals surface area contributed by atoms with E-state index in [0.29, 0.717) is 5.69 Å². The summed E-state index contributed by atoms with van der Waals surface area (Å²) in [6.45, 7) is 0. The van der Waals surface area contributed by atoms with Crippen LogP contribution in [-0.2, 0) is 0 Å². The van der Waals surface area contributed by atoms with Gasteiger partial charge in [-0.25, -0.2) is 23.6 Å². The van der Waals surface area contributed by atoms with Crippen molar-refractivity contribution in [1.82, 2.24) is 0 Å². The Bertz CT molecular complexity index is 941. The largest absolute Gasteiger partial charge is 0.272 e. The highest BCUT2D eigenvalue weighted by atomic mass is 35.7. The SMILES string of the molecule is O=[N+]([O-])c1ccc(-[n+]2ccccc2)c(N=Cc2ccccc2)c1.[O-][Cl+3]([O-])([O-])[O-]. The van der Waals surface area contributed by atoms with E-state index in [1.165, 1.54) is 12.1 Å². The Morgan fingerprint density at radius 1 is 0.893 bits per heavy atom. The number of pyridine rings is 1. The Morgan fingerprint density at radius 2 is 1.46 bits per heavy atom. The molecule has 0 N–H and O–H groups in total. The van der Waals surface area contributed by atoms with Crippen LogP contribution in [0.1, 0.15) is 5.56 Å². The fourth-order valence-electron chi connectivity index (χ4n) is 2.19. The van der Waals surface area contributed by atoms with Gasteiger partial charge in [0.1, 0.15) is 5.69 Å². The summed E-state index contributed by atoms with van der Waals surface area (Å²) in [5, 5.41) is 11.0. The summed E-state index contributed by atoms with van der Waals surface area (Å²) < 4.78 is 35.8. The van der Waals surface area contributed by atoms with E-state index in [0.717, 1.165) is 11.3 Å². The highest BCUT2D eigenvalue weighted by molar-refractivity contribution is 5.83. The predicted molar refractivity (Wildman–Crippen MR) is 88.3 cm³/mol. The van der Waals surface area contributed by atoms with Gasteiger partial charge in [0.25, 0.3) is 5.69 Å². The highest BCUT2D eigenvalue weighted by Crippen LogP contribution is 2.25. The molecule has 0 saturated heterocycles. The molecule has 144 valence electrons. The maximum Gasteiger partial charge on any atom is 0.272 e. The Balaban J connectivity index is 0.000000500. The lowest BCUT2D eigenvalue weighted by atomic mass is 10.2. The van der Waals surface area contributed by atoms with Gasteiger partial charge in [-0.2, -0.15) is 4.57 Å². The van der Waals surface area contributed by atoms with Crippen molar-refractivity contribution in [2.75, 3.05) is 0 Å². The molecule has 9 nitrogen and oxygen atoms in total. The summed E-state index contributed by atoms with van der Waals surface area (Å²) in [4.78, 5) is 15.1. The van der Waals surface area contributed by atoms with Gasteiger partial charge in [0.05, 0.1) is 4.92 Å². The van der Waals surface area contributed by atoms with Crippen LogP contribution in [0, 0.1) is 20.4 Å². The average molecular weight is 404 g/mol. The van der Waals surface area contributed by atoms with Gasteiger partial charge < -0.3 is 0 Å². The molecule has 0 spiro atoms. The molecule has 10 heteroatoms. The maximum atomic E-state index is 11.0. The molecule has 0 radical (unpaired) electrons. The first kappa shape index (κ1) is 21.1. The van der Waals surface area contributed by atoms with Crippen molar-refractivity contribution in [1.29, 1.82) is 0 Å². The molecule has 1 aromatic heterocycles. The van der Waals surface area contributed by atoms with Gasteiger partial charge in [0.2, 0.25) is 5.69 Å². The summed E-state index contributed by atoms with van der Waals surface area (Å²) in [6, 6.07) is 20.0. The Labute approximate surface area is 162 Å². The van der Waals surface area contributed by atoms with Gasteiger partial charge in [0, 0.05) is 36.5 Å². The number of benzene rings is 2. The van der Waals surface area contributed by atoms with Gasteiger partial charge in [-0.15, -0.1) is 10.2 Å². The minimum absolute atomic E-state index is 0.0190. The van der Waals surface area contributed by atoms with Crippen LogP contribution < -0.4 is 23.2 Å². The van der Waals surface area contributed by atoms with E-state index in [1.54, 1.807) is 12.3 Å². The molecule has 0 bridgehead atoms. The number of nitro groups is 1. The summed E-state index contributed by atoms with van der Waals surface area (Å²) in [5.74, 6) is 0. The molecule has 1 heterocycles. The minimum Gasteiger partial charge on any atom is -0.258 e. The number of nitro benzene ring substituents is 1. The van der Waals surface area contributed by atoms with Crippen LogP contribution in [0.2, 0.25) is 0 Å². The summed E-state index contributed by atoms with van der Waals surface area (Å²) in [5.41, 5.74) is 2.27. The lowest BCUT2D eigenvalue weighted by Gasteiger charge is -2.17. The van der Waals surface area contributed by atoms with Crippen molar-refractivity contribution in [2.45, 2.75) is 0 Å². The van der Waals surface area contributed by atoms with E-state index in [9.17, 15) is 10.1 Å². The lowest BCUT2D eigenvalue weighted by molar-refractivity contribution is -2.00. The third kappa shape index (κ3) is 7.19. The van der Waals surface area contributed by atoms with Gasteiger partial charge in [-0.05, 0) is 5.56 Å². The molecule has 2 aromatic carbocycles. The molecule has 3 aromatic rings. The third-order valence-corrected chi connectivity index (χ3v) is 3.32. The molecule has 0 aliphatic carbocycles. The molecule has 0 unspecified atom stereocenters. The fraction of sp³-hybridized carbons (Fsp3) is 0. The number of hydrogen-bond donors (Lipinski definition) is 0. The molecular weight excluding hydrogens is 390 g/mol. The van der Waals surface area contributed by atoms with E-state index >= 15 is 0 Å². The summed E-state index contributed by atoms with van der Waals surface area (Å²) >= 11 is 0. The van der Waals surface area contributed by atoms with Crippen LogP contribution in [0.15, 0.2) is 84.1 Å². The first-order valence-electron chi connectivity index (χ1n) is 7.70. The van der Waals surface area contributed by atoms with Gasteiger partial charge in [-0.1, -0.05) is 36.4 Å². The quantitative estimate of drug-likeness (QED) is 0.232. The number of nitrogens with zero attached hydrogens (tertiary/aromatic N) is 3. The second kappa shape index (κ2) is 9.65. The second-order valence-corrected chi connectivity index (χ2v) is 6.02. The molecule has 0 amide bonds. The van der Waals surface area contributed by atoms with Crippen molar-refractivity contribution in [3.05, 3.63) is 94.8 Å². The Morgan fingerprint density at radius 3 is 2.04 bits per heavy atom. The zero-order valence-electron chi connectivity index (χ0n) is 14.3. The third-order valence-electron chi connectivity index (χ3n) is 3.32.